The smallest absolute Gasteiger partial charge is 0.185 e. The number of rotatable bonds is 6. The van der Waals surface area contributed by atoms with Gasteiger partial charge in [0.1, 0.15) is 0 Å². The zero-order valence-corrected chi connectivity index (χ0v) is 13.0. The number of nitrogens with zero attached hydrogens (tertiary/aromatic N) is 3. The SMILES string of the molecule is CC(C)c1csc(N2CCN(CCCCN)CC2)n1. The summed E-state index contributed by atoms with van der Waals surface area (Å²) in [6.45, 7) is 10.9. The maximum atomic E-state index is 5.54. The average Bonchev–Trinajstić information content (AvgIpc) is 2.90. The molecule has 0 unspecified atom stereocenters. The van der Waals surface area contributed by atoms with Gasteiger partial charge in [-0.15, -0.1) is 11.3 Å². The summed E-state index contributed by atoms with van der Waals surface area (Å²) >= 11 is 1.79. The van der Waals surface area contributed by atoms with Crippen molar-refractivity contribution in [2.24, 2.45) is 5.73 Å². The van der Waals surface area contributed by atoms with E-state index >= 15 is 0 Å². The zero-order valence-electron chi connectivity index (χ0n) is 12.1. The second-order valence-corrected chi connectivity index (χ2v) is 6.37. The summed E-state index contributed by atoms with van der Waals surface area (Å²) in [7, 11) is 0. The van der Waals surface area contributed by atoms with E-state index in [0.29, 0.717) is 5.92 Å². The van der Waals surface area contributed by atoms with Crippen molar-refractivity contribution in [1.82, 2.24) is 9.88 Å². The van der Waals surface area contributed by atoms with Crippen LogP contribution in [0.2, 0.25) is 0 Å². The molecule has 1 saturated heterocycles. The van der Waals surface area contributed by atoms with Crippen LogP contribution in [-0.2, 0) is 0 Å². The minimum atomic E-state index is 0.530. The van der Waals surface area contributed by atoms with Crippen LogP contribution in [0.25, 0.3) is 0 Å². The molecule has 1 aromatic rings. The molecule has 0 aromatic carbocycles. The van der Waals surface area contributed by atoms with Crippen molar-refractivity contribution >= 4 is 16.5 Å². The van der Waals surface area contributed by atoms with Gasteiger partial charge in [0.2, 0.25) is 0 Å². The fourth-order valence-electron chi connectivity index (χ4n) is 2.33. The van der Waals surface area contributed by atoms with Crippen LogP contribution < -0.4 is 10.6 Å². The molecule has 0 spiro atoms. The quantitative estimate of drug-likeness (QED) is 0.812. The van der Waals surface area contributed by atoms with Gasteiger partial charge in [-0.25, -0.2) is 4.98 Å². The standard InChI is InChI=1S/C14H26N4S/c1-12(2)13-11-19-14(16-13)18-9-7-17(8-10-18)6-4-3-5-15/h11-12H,3-10,15H2,1-2H3. The van der Waals surface area contributed by atoms with Gasteiger partial charge in [0, 0.05) is 31.6 Å². The molecule has 1 aliphatic heterocycles. The van der Waals surface area contributed by atoms with Gasteiger partial charge in [-0.05, 0) is 31.8 Å². The van der Waals surface area contributed by atoms with E-state index in [9.17, 15) is 0 Å². The van der Waals surface area contributed by atoms with E-state index in [2.05, 4.69) is 29.0 Å². The Morgan fingerprint density at radius 2 is 2.00 bits per heavy atom. The van der Waals surface area contributed by atoms with Crippen molar-refractivity contribution in [3.8, 4) is 0 Å². The summed E-state index contributed by atoms with van der Waals surface area (Å²) in [6, 6.07) is 0. The molecule has 1 aliphatic rings. The van der Waals surface area contributed by atoms with Gasteiger partial charge in [0.05, 0.1) is 5.69 Å². The highest BCUT2D eigenvalue weighted by molar-refractivity contribution is 7.13. The van der Waals surface area contributed by atoms with E-state index < -0.39 is 0 Å². The van der Waals surface area contributed by atoms with Crippen molar-refractivity contribution in [1.29, 1.82) is 0 Å². The van der Waals surface area contributed by atoms with Gasteiger partial charge >= 0.3 is 0 Å². The number of hydrogen-bond acceptors (Lipinski definition) is 5. The van der Waals surface area contributed by atoms with Crippen molar-refractivity contribution in [2.45, 2.75) is 32.6 Å². The topological polar surface area (TPSA) is 45.4 Å². The van der Waals surface area contributed by atoms with Gasteiger partial charge in [0.15, 0.2) is 5.13 Å². The average molecular weight is 282 g/mol. The van der Waals surface area contributed by atoms with Gasteiger partial charge in [-0.3, -0.25) is 4.90 Å². The highest BCUT2D eigenvalue weighted by Gasteiger charge is 2.19. The Bertz CT molecular complexity index is 369. The molecule has 0 radical (unpaired) electrons. The molecule has 5 heteroatoms. The van der Waals surface area contributed by atoms with E-state index in [0.717, 1.165) is 39.1 Å². The maximum absolute atomic E-state index is 5.54. The van der Waals surface area contributed by atoms with Gasteiger partial charge < -0.3 is 10.6 Å². The molecule has 4 nitrogen and oxygen atoms in total. The largest absolute Gasteiger partial charge is 0.346 e. The predicted octanol–water partition coefficient (Wildman–Crippen LogP) is 2.13. The van der Waals surface area contributed by atoms with Gasteiger partial charge in [0.25, 0.3) is 0 Å². The first-order chi connectivity index (χ1) is 9.20. The Morgan fingerprint density at radius 3 is 2.58 bits per heavy atom. The molecular weight excluding hydrogens is 256 g/mol. The first-order valence-corrected chi connectivity index (χ1v) is 8.21. The first kappa shape index (κ1) is 14.8. The van der Waals surface area contributed by atoms with Crippen LogP contribution >= 0.6 is 11.3 Å². The van der Waals surface area contributed by atoms with Crippen molar-refractivity contribution in [3.63, 3.8) is 0 Å². The molecule has 108 valence electrons. The number of piperazine rings is 1. The summed E-state index contributed by atoms with van der Waals surface area (Å²) in [4.78, 5) is 9.71. The third kappa shape index (κ3) is 4.16. The van der Waals surface area contributed by atoms with Gasteiger partial charge in [-0.1, -0.05) is 13.8 Å². The van der Waals surface area contributed by atoms with E-state index in [1.165, 1.54) is 23.8 Å². The van der Waals surface area contributed by atoms with Crippen LogP contribution in [0.15, 0.2) is 5.38 Å². The molecule has 2 rings (SSSR count). The third-order valence-electron chi connectivity index (χ3n) is 3.67. The Morgan fingerprint density at radius 1 is 1.26 bits per heavy atom. The van der Waals surface area contributed by atoms with Crippen molar-refractivity contribution in [2.75, 3.05) is 44.2 Å². The molecule has 19 heavy (non-hydrogen) atoms. The summed E-state index contributed by atoms with van der Waals surface area (Å²) in [6.07, 6.45) is 2.37. The van der Waals surface area contributed by atoms with E-state index in [1.807, 2.05) is 0 Å². The zero-order chi connectivity index (χ0) is 13.7. The number of aromatic nitrogens is 1. The van der Waals surface area contributed by atoms with Crippen LogP contribution in [0, 0.1) is 0 Å². The number of unbranched alkanes of at least 4 members (excludes halogenated alkanes) is 1. The molecule has 0 atom stereocenters. The Balaban J connectivity index is 1.79. The highest BCUT2D eigenvalue weighted by Crippen LogP contribution is 2.25. The Labute approximate surface area is 120 Å². The van der Waals surface area contributed by atoms with Crippen LogP contribution in [0.3, 0.4) is 0 Å². The lowest BCUT2D eigenvalue weighted by molar-refractivity contribution is 0.253. The molecule has 1 aromatic heterocycles. The fraction of sp³-hybridized carbons (Fsp3) is 0.786. The molecular formula is C14H26N4S. The summed E-state index contributed by atoms with van der Waals surface area (Å²) in [5.41, 5.74) is 6.76. The second-order valence-electron chi connectivity index (χ2n) is 5.53. The Hall–Kier alpha value is -0.650. The number of hydrogen-bond donors (Lipinski definition) is 1. The molecule has 2 heterocycles. The second kappa shape index (κ2) is 7.22. The first-order valence-electron chi connectivity index (χ1n) is 7.33. The van der Waals surface area contributed by atoms with Crippen LogP contribution in [0.4, 0.5) is 5.13 Å². The van der Waals surface area contributed by atoms with E-state index in [4.69, 9.17) is 10.7 Å². The van der Waals surface area contributed by atoms with Crippen molar-refractivity contribution in [3.05, 3.63) is 11.1 Å². The highest BCUT2D eigenvalue weighted by atomic mass is 32.1. The normalized spacial score (nSPS) is 17.4. The molecule has 0 amide bonds. The summed E-state index contributed by atoms with van der Waals surface area (Å²) in [5.74, 6) is 0.530. The number of nitrogens with two attached hydrogens (primary N) is 1. The van der Waals surface area contributed by atoms with Crippen LogP contribution in [0.1, 0.15) is 38.3 Å². The van der Waals surface area contributed by atoms with E-state index in [1.54, 1.807) is 11.3 Å². The minimum Gasteiger partial charge on any atom is -0.346 e. The number of thiazole rings is 1. The lowest BCUT2D eigenvalue weighted by atomic mass is 10.2. The number of anilines is 1. The molecule has 0 aliphatic carbocycles. The lowest BCUT2D eigenvalue weighted by Gasteiger charge is -2.34. The fourth-order valence-corrected chi connectivity index (χ4v) is 3.37. The molecule has 1 fully saturated rings. The molecule has 0 bridgehead atoms. The summed E-state index contributed by atoms with van der Waals surface area (Å²) < 4.78 is 0. The maximum Gasteiger partial charge on any atom is 0.185 e. The minimum absolute atomic E-state index is 0.530. The van der Waals surface area contributed by atoms with Crippen LogP contribution in [0.5, 0.6) is 0 Å². The molecule has 0 saturated carbocycles. The van der Waals surface area contributed by atoms with E-state index in [-0.39, 0.29) is 0 Å². The third-order valence-corrected chi connectivity index (χ3v) is 4.59. The monoisotopic (exact) mass is 282 g/mol. The lowest BCUT2D eigenvalue weighted by Crippen LogP contribution is -2.46. The molecule has 2 N–H and O–H groups in total. The summed E-state index contributed by atoms with van der Waals surface area (Å²) in [5, 5.41) is 3.40. The van der Waals surface area contributed by atoms with Crippen LogP contribution in [-0.4, -0.2) is 49.2 Å². The predicted molar refractivity (Wildman–Crippen MR) is 83.1 cm³/mol. The van der Waals surface area contributed by atoms with Crippen molar-refractivity contribution < 1.29 is 0 Å². The Kier molecular flexibility index (Phi) is 5.60. The van der Waals surface area contributed by atoms with Gasteiger partial charge in [-0.2, -0.15) is 0 Å².